The SMILES string of the molecule is Cc1cc(C(=O)O[C@H](C)C(=O)Nc2ccc(F)c(F)c2F)on1. The molecule has 6 nitrogen and oxygen atoms in total. The molecule has 2 rings (SSSR count). The molecule has 1 aromatic carbocycles. The number of aryl methyl sites for hydroxylation is 1. The number of amides is 1. The molecule has 1 N–H and O–H groups in total. The van der Waals surface area contributed by atoms with E-state index in [0.29, 0.717) is 11.8 Å². The van der Waals surface area contributed by atoms with Gasteiger partial charge in [0.15, 0.2) is 23.6 Å². The van der Waals surface area contributed by atoms with Crippen molar-refractivity contribution in [1.29, 1.82) is 0 Å². The molecule has 0 radical (unpaired) electrons. The van der Waals surface area contributed by atoms with Crippen LogP contribution in [0.25, 0.3) is 0 Å². The molecule has 0 unspecified atom stereocenters. The molecule has 122 valence electrons. The number of esters is 1. The van der Waals surface area contributed by atoms with Crippen LogP contribution in [0.4, 0.5) is 18.9 Å². The largest absolute Gasteiger partial charge is 0.447 e. The normalized spacial score (nSPS) is 11.9. The molecule has 0 aliphatic rings. The first kappa shape index (κ1) is 16.5. The summed E-state index contributed by atoms with van der Waals surface area (Å²) in [5.74, 6) is -6.74. The maximum atomic E-state index is 13.5. The molecule has 0 saturated carbocycles. The minimum Gasteiger partial charge on any atom is -0.447 e. The summed E-state index contributed by atoms with van der Waals surface area (Å²) in [6.07, 6.45) is -1.33. The van der Waals surface area contributed by atoms with Crippen LogP contribution in [-0.4, -0.2) is 23.1 Å². The zero-order valence-electron chi connectivity index (χ0n) is 12.0. The third-order valence-electron chi connectivity index (χ3n) is 2.78. The Balaban J connectivity index is 2.03. The summed E-state index contributed by atoms with van der Waals surface area (Å²) < 4.78 is 48.8. The van der Waals surface area contributed by atoms with E-state index in [0.717, 1.165) is 6.07 Å². The van der Waals surface area contributed by atoms with Gasteiger partial charge in [0, 0.05) is 6.07 Å². The van der Waals surface area contributed by atoms with Gasteiger partial charge in [-0.2, -0.15) is 0 Å². The maximum Gasteiger partial charge on any atom is 0.377 e. The van der Waals surface area contributed by atoms with Crippen LogP contribution in [-0.2, 0) is 9.53 Å². The number of anilines is 1. The third-order valence-corrected chi connectivity index (χ3v) is 2.78. The van der Waals surface area contributed by atoms with Crippen molar-refractivity contribution in [3.05, 3.63) is 47.1 Å². The van der Waals surface area contributed by atoms with E-state index >= 15 is 0 Å². The van der Waals surface area contributed by atoms with Crippen LogP contribution in [0.3, 0.4) is 0 Å². The lowest BCUT2D eigenvalue weighted by Gasteiger charge is -2.13. The molecule has 0 aliphatic carbocycles. The molecule has 0 aliphatic heterocycles. The number of hydrogen-bond acceptors (Lipinski definition) is 5. The second kappa shape index (κ2) is 6.51. The highest BCUT2D eigenvalue weighted by Gasteiger charge is 2.23. The fourth-order valence-corrected chi connectivity index (χ4v) is 1.59. The number of carbonyl (C=O) groups is 2. The number of nitrogens with zero attached hydrogens (tertiary/aromatic N) is 1. The molecule has 9 heteroatoms. The third kappa shape index (κ3) is 3.68. The highest BCUT2D eigenvalue weighted by molar-refractivity contribution is 5.96. The average Bonchev–Trinajstić information content (AvgIpc) is 2.94. The smallest absolute Gasteiger partial charge is 0.377 e. The van der Waals surface area contributed by atoms with Crippen molar-refractivity contribution in [1.82, 2.24) is 5.16 Å². The van der Waals surface area contributed by atoms with Gasteiger partial charge in [-0.15, -0.1) is 0 Å². The van der Waals surface area contributed by atoms with E-state index in [-0.39, 0.29) is 5.76 Å². The van der Waals surface area contributed by atoms with Gasteiger partial charge in [0.1, 0.15) is 0 Å². The van der Waals surface area contributed by atoms with Gasteiger partial charge in [0.2, 0.25) is 5.76 Å². The van der Waals surface area contributed by atoms with Crippen LogP contribution in [0.1, 0.15) is 23.2 Å². The lowest BCUT2D eigenvalue weighted by Crippen LogP contribution is -2.30. The van der Waals surface area contributed by atoms with Gasteiger partial charge >= 0.3 is 5.97 Å². The average molecular weight is 328 g/mol. The van der Waals surface area contributed by atoms with Gasteiger partial charge < -0.3 is 14.6 Å². The summed E-state index contributed by atoms with van der Waals surface area (Å²) in [5.41, 5.74) is -0.134. The molecule has 0 bridgehead atoms. The first-order valence-electron chi connectivity index (χ1n) is 6.38. The Morgan fingerprint density at radius 3 is 2.57 bits per heavy atom. The minimum absolute atomic E-state index is 0.207. The van der Waals surface area contributed by atoms with Gasteiger partial charge in [0.25, 0.3) is 5.91 Å². The molecule has 1 aromatic heterocycles. The first-order chi connectivity index (χ1) is 10.8. The van der Waals surface area contributed by atoms with Crippen molar-refractivity contribution in [3.8, 4) is 0 Å². The molecule has 2 aromatic rings. The first-order valence-corrected chi connectivity index (χ1v) is 6.38. The number of benzene rings is 1. The molecular weight excluding hydrogens is 317 g/mol. The number of carbonyl (C=O) groups excluding carboxylic acids is 2. The molecule has 0 fully saturated rings. The van der Waals surface area contributed by atoms with E-state index in [2.05, 4.69) is 9.68 Å². The van der Waals surface area contributed by atoms with Gasteiger partial charge in [-0.1, -0.05) is 5.16 Å². The second-order valence-corrected chi connectivity index (χ2v) is 4.59. The van der Waals surface area contributed by atoms with Gasteiger partial charge in [-0.25, -0.2) is 18.0 Å². The van der Waals surface area contributed by atoms with E-state index in [1.165, 1.54) is 13.0 Å². The zero-order valence-corrected chi connectivity index (χ0v) is 12.0. The highest BCUT2D eigenvalue weighted by Crippen LogP contribution is 2.20. The number of hydrogen-bond donors (Lipinski definition) is 1. The van der Waals surface area contributed by atoms with Crippen LogP contribution in [0.15, 0.2) is 22.7 Å². The Morgan fingerprint density at radius 1 is 1.26 bits per heavy atom. The highest BCUT2D eigenvalue weighted by atomic mass is 19.2. The maximum absolute atomic E-state index is 13.5. The number of rotatable bonds is 4. The van der Waals surface area contributed by atoms with E-state index in [1.54, 1.807) is 6.92 Å². The van der Waals surface area contributed by atoms with Gasteiger partial charge in [0.05, 0.1) is 11.4 Å². The standard InChI is InChI=1S/C14H11F3N2O4/c1-6-5-10(23-19-6)14(21)22-7(2)13(20)18-9-4-3-8(15)11(16)12(9)17/h3-5,7H,1-2H3,(H,18,20)/t7-/m1/s1. The monoisotopic (exact) mass is 328 g/mol. The molecule has 1 atom stereocenters. The molecule has 1 amide bonds. The zero-order chi connectivity index (χ0) is 17.1. The molecule has 0 spiro atoms. The summed E-state index contributed by atoms with van der Waals surface area (Å²) in [6.45, 7) is 2.80. The molecule has 0 saturated heterocycles. The minimum atomic E-state index is -1.72. The van der Waals surface area contributed by atoms with E-state index < -0.39 is 41.1 Å². The predicted octanol–water partition coefficient (Wildman–Crippen LogP) is 2.58. The van der Waals surface area contributed by atoms with Crippen molar-refractivity contribution >= 4 is 17.6 Å². The summed E-state index contributed by atoms with van der Waals surface area (Å²) in [6, 6.07) is 2.81. The topological polar surface area (TPSA) is 81.4 Å². The van der Waals surface area contributed by atoms with Gasteiger partial charge in [-0.05, 0) is 26.0 Å². The summed E-state index contributed by atoms with van der Waals surface area (Å²) in [4.78, 5) is 23.5. The Bertz CT molecular complexity index is 760. The van der Waals surface area contributed by atoms with Crippen molar-refractivity contribution in [3.63, 3.8) is 0 Å². The Labute approximate surface area is 128 Å². The Kier molecular flexibility index (Phi) is 4.68. The Hall–Kier alpha value is -2.84. The predicted molar refractivity (Wildman–Crippen MR) is 71.1 cm³/mol. The van der Waals surface area contributed by atoms with Crippen LogP contribution in [0, 0.1) is 24.4 Å². The fraction of sp³-hybridized carbons (Fsp3) is 0.214. The van der Waals surface area contributed by atoms with Crippen LogP contribution in [0.2, 0.25) is 0 Å². The lowest BCUT2D eigenvalue weighted by atomic mass is 10.2. The quantitative estimate of drug-likeness (QED) is 0.689. The van der Waals surface area contributed by atoms with Crippen LogP contribution in [0.5, 0.6) is 0 Å². The Morgan fingerprint density at radius 2 is 1.96 bits per heavy atom. The van der Waals surface area contributed by atoms with Crippen molar-refractivity contribution in [2.24, 2.45) is 0 Å². The van der Waals surface area contributed by atoms with Crippen LogP contribution >= 0.6 is 0 Å². The van der Waals surface area contributed by atoms with Crippen molar-refractivity contribution in [2.45, 2.75) is 20.0 Å². The summed E-state index contributed by atoms with van der Waals surface area (Å²) in [5, 5.41) is 5.48. The summed E-state index contributed by atoms with van der Waals surface area (Å²) in [7, 11) is 0. The molecular formula is C14H11F3N2O4. The molecule has 23 heavy (non-hydrogen) atoms. The number of halogens is 3. The number of aromatic nitrogens is 1. The van der Waals surface area contributed by atoms with Crippen molar-refractivity contribution in [2.75, 3.05) is 5.32 Å². The van der Waals surface area contributed by atoms with Gasteiger partial charge in [-0.3, -0.25) is 4.79 Å². The second-order valence-electron chi connectivity index (χ2n) is 4.59. The van der Waals surface area contributed by atoms with E-state index in [4.69, 9.17) is 4.74 Å². The summed E-state index contributed by atoms with van der Waals surface area (Å²) >= 11 is 0. The van der Waals surface area contributed by atoms with Crippen molar-refractivity contribution < 1.29 is 32.0 Å². The van der Waals surface area contributed by atoms with Crippen LogP contribution < -0.4 is 5.32 Å². The van der Waals surface area contributed by atoms with E-state index in [1.807, 2.05) is 5.32 Å². The lowest BCUT2D eigenvalue weighted by molar-refractivity contribution is -0.123. The number of ether oxygens (including phenoxy) is 1. The fourth-order valence-electron chi connectivity index (χ4n) is 1.59. The molecule has 1 heterocycles. The number of nitrogens with one attached hydrogen (secondary N) is 1. The van der Waals surface area contributed by atoms with E-state index in [9.17, 15) is 22.8 Å².